The van der Waals surface area contributed by atoms with Crippen molar-refractivity contribution in [2.45, 2.75) is 75.2 Å². The highest BCUT2D eigenvalue weighted by molar-refractivity contribution is 5.62. The number of nitrogens with zero attached hydrogens (tertiary/aromatic N) is 1. The largest absolute Gasteiger partial charge is 0.485 e. The van der Waals surface area contributed by atoms with Crippen molar-refractivity contribution in [2.24, 2.45) is 11.8 Å². The summed E-state index contributed by atoms with van der Waals surface area (Å²) in [5, 5.41) is 12.5. The lowest BCUT2D eigenvalue weighted by Crippen LogP contribution is -2.76. The topological polar surface area (TPSA) is 41.9 Å². The molecule has 5 aliphatic rings. The molecule has 2 unspecified atom stereocenters. The van der Waals surface area contributed by atoms with Crippen LogP contribution in [0.25, 0.3) is 0 Å². The van der Waals surface area contributed by atoms with E-state index < -0.39 is 5.60 Å². The minimum atomic E-state index is -0.701. The average Bonchev–Trinajstić information content (AvgIpc) is 3.55. The smallest absolute Gasteiger partial charge is 0.165 e. The van der Waals surface area contributed by atoms with Crippen LogP contribution in [0.2, 0.25) is 0 Å². The number of likely N-dealkylation sites (tertiary alicyclic amines) is 1. The molecule has 4 nitrogen and oxygen atoms in total. The monoisotopic (exact) mass is 431 g/mol. The molecule has 3 fully saturated rings. The highest BCUT2D eigenvalue weighted by atomic mass is 16.5. The Morgan fingerprint density at radius 1 is 1.09 bits per heavy atom. The fourth-order valence-corrected chi connectivity index (χ4v) is 7.57. The average molecular weight is 432 g/mol. The van der Waals surface area contributed by atoms with Gasteiger partial charge in [-0.05, 0) is 74.1 Å². The Morgan fingerprint density at radius 3 is 2.75 bits per heavy atom. The first-order chi connectivity index (χ1) is 15.6. The van der Waals surface area contributed by atoms with Crippen LogP contribution < -0.4 is 9.47 Å². The van der Waals surface area contributed by atoms with Crippen molar-refractivity contribution in [3.63, 3.8) is 0 Å². The second-order valence-electron chi connectivity index (χ2n) is 11.1. The summed E-state index contributed by atoms with van der Waals surface area (Å²) in [6.07, 6.45) is 6.59. The molecule has 1 spiro atoms. The van der Waals surface area contributed by atoms with Gasteiger partial charge in [0.15, 0.2) is 11.5 Å². The molecule has 32 heavy (non-hydrogen) atoms. The van der Waals surface area contributed by atoms with E-state index in [1.54, 1.807) is 0 Å². The summed E-state index contributed by atoms with van der Waals surface area (Å²) in [4.78, 5) is 2.64. The van der Waals surface area contributed by atoms with Gasteiger partial charge in [0.25, 0.3) is 0 Å². The molecule has 0 aromatic heterocycles. The van der Waals surface area contributed by atoms with Crippen LogP contribution in [-0.2, 0) is 18.4 Å². The molecular weight excluding hydrogens is 398 g/mol. The fourth-order valence-electron chi connectivity index (χ4n) is 7.57. The molecular formula is C28H33NO3. The lowest BCUT2D eigenvalue weighted by molar-refractivity contribution is -0.196. The van der Waals surface area contributed by atoms with E-state index in [1.807, 2.05) is 18.2 Å². The van der Waals surface area contributed by atoms with Gasteiger partial charge in [-0.15, -0.1) is 0 Å². The van der Waals surface area contributed by atoms with Gasteiger partial charge in [-0.3, -0.25) is 4.90 Å². The molecule has 2 aliphatic heterocycles. The van der Waals surface area contributed by atoms with Gasteiger partial charge in [-0.1, -0.05) is 43.3 Å². The highest BCUT2D eigenvalue weighted by Crippen LogP contribution is 2.66. The van der Waals surface area contributed by atoms with E-state index in [2.05, 4.69) is 36.1 Å². The molecule has 2 aromatic carbocycles. The molecule has 1 N–H and O–H groups in total. The molecule has 2 saturated carbocycles. The third-order valence-corrected chi connectivity index (χ3v) is 9.28. The number of ether oxygens (including phenoxy) is 2. The van der Waals surface area contributed by atoms with Gasteiger partial charge in [0.1, 0.15) is 12.7 Å². The van der Waals surface area contributed by atoms with Crippen molar-refractivity contribution < 1.29 is 14.6 Å². The summed E-state index contributed by atoms with van der Waals surface area (Å²) in [6, 6.07) is 14.9. The van der Waals surface area contributed by atoms with Gasteiger partial charge in [0.05, 0.1) is 11.0 Å². The van der Waals surface area contributed by atoms with Crippen LogP contribution in [0.1, 0.15) is 55.7 Å². The van der Waals surface area contributed by atoms with Crippen molar-refractivity contribution in [2.75, 3.05) is 13.1 Å². The number of rotatable bonds is 5. The Hall–Kier alpha value is -2.04. The zero-order chi connectivity index (χ0) is 21.5. The van der Waals surface area contributed by atoms with E-state index >= 15 is 0 Å². The van der Waals surface area contributed by atoms with E-state index in [-0.39, 0.29) is 17.6 Å². The van der Waals surface area contributed by atoms with E-state index in [0.717, 1.165) is 61.8 Å². The predicted octanol–water partition coefficient (Wildman–Crippen LogP) is 4.47. The van der Waals surface area contributed by atoms with Crippen molar-refractivity contribution >= 4 is 0 Å². The van der Waals surface area contributed by atoms with Crippen molar-refractivity contribution in [3.8, 4) is 11.5 Å². The second kappa shape index (κ2) is 6.74. The molecule has 0 amide bonds. The minimum Gasteiger partial charge on any atom is -0.485 e. The first kappa shape index (κ1) is 19.4. The van der Waals surface area contributed by atoms with Crippen molar-refractivity contribution in [1.82, 2.24) is 4.90 Å². The number of aliphatic hydroxyl groups is 1. The molecule has 3 aliphatic carbocycles. The SMILES string of the molecule is CC1CC[C@@]2(O)[C@H]3Cc4ccc(OCc5ccccc5)c5c4[C@@]2(CCN3CC2CC2)C1O5. The first-order valence-electron chi connectivity index (χ1n) is 12.6. The Morgan fingerprint density at radius 2 is 1.94 bits per heavy atom. The molecule has 5 atom stereocenters. The van der Waals surface area contributed by atoms with Crippen LogP contribution in [0.15, 0.2) is 42.5 Å². The maximum absolute atomic E-state index is 12.5. The molecule has 2 bridgehead atoms. The zero-order valence-corrected chi connectivity index (χ0v) is 18.9. The van der Waals surface area contributed by atoms with Crippen LogP contribution >= 0.6 is 0 Å². The molecule has 2 aromatic rings. The summed E-state index contributed by atoms with van der Waals surface area (Å²) in [5.74, 6) is 3.04. The normalized spacial score (nSPS) is 37.0. The molecule has 4 heteroatoms. The quantitative estimate of drug-likeness (QED) is 0.759. The standard InChI is InChI=1S/C28H33NO3/c1-18-11-12-28(30)23-15-21-9-10-22(31-17-20-5-3-2-4-6-20)25-24(21)27(28,26(18)32-25)13-14-29(23)16-19-7-8-19/h2-6,9-10,18-19,23,26,30H,7-8,11-17H2,1H3/t18?,23-,26?,27+,28-/m1/s1. The summed E-state index contributed by atoms with van der Waals surface area (Å²) >= 11 is 0. The minimum absolute atomic E-state index is 0.0438. The zero-order valence-electron chi connectivity index (χ0n) is 18.9. The third kappa shape index (κ3) is 2.51. The van der Waals surface area contributed by atoms with Crippen LogP contribution in [0.3, 0.4) is 0 Å². The number of piperidine rings is 1. The summed E-state index contributed by atoms with van der Waals surface area (Å²) in [5.41, 5.74) is 2.82. The molecule has 7 rings (SSSR count). The Bertz CT molecular complexity index is 1050. The molecule has 168 valence electrons. The van der Waals surface area contributed by atoms with Crippen LogP contribution in [-0.4, -0.2) is 40.8 Å². The van der Waals surface area contributed by atoms with Crippen LogP contribution in [0.4, 0.5) is 0 Å². The first-order valence-corrected chi connectivity index (χ1v) is 12.6. The van der Waals surface area contributed by atoms with Gasteiger partial charge in [0, 0.05) is 18.2 Å². The van der Waals surface area contributed by atoms with Gasteiger partial charge in [-0.2, -0.15) is 0 Å². The summed E-state index contributed by atoms with van der Waals surface area (Å²) in [6.45, 7) is 5.08. The highest BCUT2D eigenvalue weighted by Gasteiger charge is 2.72. The lowest BCUT2D eigenvalue weighted by Gasteiger charge is -2.64. The number of hydrogen-bond donors (Lipinski definition) is 1. The molecule has 0 radical (unpaired) electrons. The van der Waals surface area contributed by atoms with Crippen LogP contribution in [0, 0.1) is 11.8 Å². The number of benzene rings is 2. The summed E-state index contributed by atoms with van der Waals surface area (Å²) in [7, 11) is 0. The third-order valence-electron chi connectivity index (χ3n) is 9.28. The fraction of sp³-hybridized carbons (Fsp3) is 0.571. The van der Waals surface area contributed by atoms with E-state index in [0.29, 0.717) is 12.5 Å². The van der Waals surface area contributed by atoms with Gasteiger partial charge in [0.2, 0.25) is 0 Å². The van der Waals surface area contributed by atoms with Crippen molar-refractivity contribution in [1.29, 1.82) is 0 Å². The second-order valence-corrected chi connectivity index (χ2v) is 11.1. The lowest BCUT2D eigenvalue weighted by atomic mass is 9.47. The molecule has 2 heterocycles. The van der Waals surface area contributed by atoms with E-state index in [9.17, 15) is 5.11 Å². The maximum atomic E-state index is 12.5. The van der Waals surface area contributed by atoms with E-state index in [1.165, 1.54) is 24.0 Å². The Balaban J connectivity index is 1.31. The van der Waals surface area contributed by atoms with Crippen LogP contribution in [0.5, 0.6) is 11.5 Å². The Labute approximate surface area is 190 Å². The Kier molecular flexibility index (Phi) is 4.09. The summed E-state index contributed by atoms with van der Waals surface area (Å²) < 4.78 is 13.1. The van der Waals surface area contributed by atoms with Crippen molar-refractivity contribution in [3.05, 3.63) is 59.2 Å². The van der Waals surface area contributed by atoms with Gasteiger partial charge < -0.3 is 14.6 Å². The van der Waals surface area contributed by atoms with E-state index in [4.69, 9.17) is 9.47 Å². The number of hydrogen-bond acceptors (Lipinski definition) is 4. The van der Waals surface area contributed by atoms with Gasteiger partial charge >= 0.3 is 0 Å². The van der Waals surface area contributed by atoms with Gasteiger partial charge in [-0.25, -0.2) is 0 Å². The molecule has 1 saturated heterocycles. The predicted molar refractivity (Wildman–Crippen MR) is 123 cm³/mol. The maximum Gasteiger partial charge on any atom is 0.165 e.